The zero-order valence-corrected chi connectivity index (χ0v) is 16.9. The Morgan fingerprint density at radius 1 is 1.17 bits per heavy atom. The number of nitrogens with zero attached hydrogens (tertiary/aromatic N) is 1. The van der Waals surface area contributed by atoms with Gasteiger partial charge in [-0.25, -0.2) is 0 Å². The van der Waals surface area contributed by atoms with Crippen LogP contribution in [0.25, 0.3) is 0 Å². The van der Waals surface area contributed by atoms with Crippen LogP contribution in [0.1, 0.15) is 58.9 Å². The van der Waals surface area contributed by atoms with Crippen molar-refractivity contribution >= 4 is 17.3 Å². The number of rotatable bonds is 7. The Kier molecular flexibility index (Phi) is 7.71. The van der Waals surface area contributed by atoms with E-state index < -0.39 is 0 Å². The van der Waals surface area contributed by atoms with Gasteiger partial charge in [0.05, 0.1) is 5.41 Å². The fourth-order valence-corrected chi connectivity index (χ4v) is 3.13. The summed E-state index contributed by atoms with van der Waals surface area (Å²) in [5.74, 6) is 0.114. The lowest BCUT2D eigenvalue weighted by Gasteiger charge is -2.14. The molecule has 1 N–H and O–H groups in total. The molecule has 3 nitrogen and oxygen atoms in total. The lowest BCUT2D eigenvalue weighted by atomic mass is 9.82. The Morgan fingerprint density at radius 2 is 1.87 bits per heavy atom. The lowest BCUT2D eigenvalue weighted by Crippen LogP contribution is -3.00. The molecule has 0 fully saturated rings. The highest BCUT2D eigenvalue weighted by atomic mass is 127. The lowest BCUT2D eigenvalue weighted by molar-refractivity contribution is -0.426. The molecule has 1 aromatic rings. The van der Waals surface area contributed by atoms with E-state index in [1.807, 2.05) is 6.07 Å². The molecule has 1 heterocycles. The van der Waals surface area contributed by atoms with Gasteiger partial charge in [0.2, 0.25) is 12.2 Å². The number of hydrogen-bond acceptors (Lipinski definition) is 1. The fourth-order valence-electron chi connectivity index (χ4n) is 3.13. The Bertz CT molecular complexity index is 578. The quantitative estimate of drug-likeness (QED) is 0.389. The van der Waals surface area contributed by atoms with Crippen molar-refractivity contribution in [2.24, 2.45) is 0 Å². The molecule has 0 saturated carbocycles. The van der Waals surface area contributed by atoms with Crippen molar-refractivity contribution in [3.05, 3.63) is 29.8 Å². The molecule has 0 aliphatic carbocycles. The van der Waals surface area contributed by atoms with Gasteiger partial charge in [0.25, 0.3) is 5.91 Å². The second-order valence-corrected chi connectivity index (χ2v) is 6.72. The van der Waals surface area contributed by atoms with E-state index in [9.17, 15) is 4.79 Å². The summed E-state index contributed by atoms with van der Waals surface area (Å²) in [6, 6.07) is 8.40. The molecule has 1 aromatic carbocycles. The van der Waals surface area contributed by atoms with E-state index in [0.29, 0.717) is 6.54 Å². The van der Waals surface area contributed by atoms with Crippen LogP contribution < -0.4 is 29.3 Å². The third-order valence-electron chi connectivity index (χ3n) is 4.83. The summed E-state index contributed by atoms with van der Waals surface area (Å²) in [7, 11) is 0. The summed E-state index contributed by atoms with van der Waals surface area (Å²) < 4.78 is 2.16. The van der Waals surface area contributed by atoms with Gasteiger partial charge in [-0.05, 0) is 20.3 Å². The van der Waals surface area contributed by atoms with E-state index in [1.54, 1.807) is 0 Å². The van der Waals surface area contributed by atoms with Crippen LogP contribution in [0.5, 0.6) is 0 Å². The van der Waals surface area contributed by atoms with Crippen molar-refractivity contribution in [3.63, 3.8) is 0 Å². The maximum atomic E-state index is 12.2. The monoisotopic (exact) mass is 428 g/mol. The first-order chi connectivity index (χ1) is 10.5. The standard InChI is InChI=1S/C19H28N2O.HI/c1-5-6-7-10-13-20-18(22)14-21-15(2)19(3,4)16-11-8-9-12-17(16)21;/h8-9,11-12H,5-7,10,13-14H2,1-4H3;1H. The first-order valence-electron chi connectivity index (χ1n) is 8.46. The van der Waals surface area contributed by atoms with Crippen molar-refractivity contribution in [2.45, 2.75) is 58.8 Å². The minimum absolute atomic E-state index is 0. The van der Waals surface area contributed by atoms with E-state index in [2.05, 4.69) is 55.8 Å². The zero-order chi connectivity index (χ0) is 16.2. The molecule has 2 rings (SSSR count). The highest BCUT2D eigenvalue weighted by Gasteiger charge is 2.43. The van der Waals surface area contributed by atoms with Crippen molar-refractivity contribution < 1.29 is 33.3 Å². The van der Waals surface area contributed by atoms with Crippen molar-refractivity contribution in [2.75, 3.05) is 13.1 Å². The second kappa shape index (κ2) is 8.81. The van der Waals surface area contributed by atoms with Gasteiger partial charge in [0.1, 0.15) is 0 Å². The third kappa shape index (κ3) is 4.55. The first-order valence-corrected chi connectivity index (χ1v) is 8.46. The van der Waals surface area contributed by atoms with Gasteiger partial charge < -0.3 is 29.3 Å². The average molecular weight is 428 g/mol. The Morgan fingerprint density at radius 3 is 2.57 bits per heavy atom. The molecule has 0 saturated heterocycles. The number of fused-ring (bicyclic) bond motifs is 1. The number of nitrogens with one attached hydrogen (secondary N) is 1. The smallest absolute Gasteiger partial charge is 0.286 e. The molecule has 0 unspecified atom stereocenters. The summed E-state index contributed by atoms with van der Waals surface area (Å²) in [6.07, 6.45) is 4.74. The minimum atomic E-state index is -0.00198. The van der Waals surface area contributed by atoms with Gasteiger partial charge >= 0.3 is 0 Å². The highest BCUT2D eigenvalue weighted by Crippen LogP contribution is 2.38. The molecule has 0 spiro atoms. The molecule has 128 valence electrons. The van der Waals surface area contributed by atoms with Gasteiger partial charge in [0, 0.05) is 25.1 Å². The van der Waals surface area contributed by atoms with Crippen molar-refractivity contribution in [1.29, 1.82) is 0 Å². The molecule has 0 radical (unpaired) electrons. The number of para-hydroxylation sites is 1. The normalized spacial score (nSPS) is 15.1. The van der Waals surface area contributed by atoms with Crippen LogP contribution in [0, 0.1) is 0 Å². The van der Waals surface area contributed by atoms with E-state index >= 15 is 0 Å². The molecule has 0 atom stereocenters. The number of halogens is 1. The van der Waals surface area contributed by atoms with Crippen molar-refractivity contribution in [1.82, 2.24) is 5.32 Å². The molecular formula is C19H29IN2O. The van der Waals surface area contributed by atoms with E-state index in [-0.39, 0.29) is 35.3 Å². The fraction of sp³-hybridized carbons (Fsp3) is 0.579. The van der Waals surface area contributed by atoms with Crippen LogP contribution >= 0.6 is 0 Å². The van der Waals surface area contributed by atoms with Crippen LogP contribution in [0.15, 0.2) is 24.3 Å². The van der Waals surface area contributed by atoms with Crippen LogP contribution in [-0.2, 0) is 10.2 Å². The topological polar surface area (TPSA) is 32.1 Å². The van der Waals surface area contributed by atoms with E-state index in [0.717, 1.165) is 13.0 Å². The van der Waals surface area contributed by atoms with Gasteiger partial charge in [0.15, 0.2) is 5.71 Å². The Balaban J connectivity index is 0.00000264. The van der Waals surface area contributed by atoms with Gasteiger partial charge in [-0.1, -0.05) is 44.4 Å². The predicted octanol–water partition coefficient (Wildman–Crippen LogP) is 0.783. The number of unbranched alkanes of at least 4 members (excludes halogenated alkanes) is 3. The maximum Gasteiger partial charge on any atom is 0.286 e. The molecule has 4 heteroatoms. The summed E-state index contributed by atoms with van der Waals surface area (Å²) >= 11 is 0. The Labute approximate surface area is 157 Å². The summed E-state index contributed by atoms with van der Waals surface area (Å²) in [6.45, 7) is 9.99. The number of amides is 1. The largest absolute Gasteiger partial charge is 1.00 e. The second-order valence-electron chi connectivity index (χ2n) is 6.72. The number of hydrogen-bond donors (Lipinski definition) is 1. The van der Waals surface area contributed by atoms with Crippen LogP contribution in [0.4, 0.5) is 5.69 Å². The SMILES string of the molecule is CCCCCCNC(=O)C[N+]1=C(C)C(C)(C)c2ccccc21.[I-]. The first kappa shape index (κ1) is 20.1. The molecule has 23 heavy (non-hydrogen) atoms. The number of carbonyl (C=O) groups is 1. The maximum absolute atomic E-state index is 12.2. The van der Waals surface area contributed by atoms with Gasteiger partial charge in [-0.3, -0.25) is 4.79 Å². The van der Waals surface area contributed by atoms with Crippen LogP contribution in [-0.4, -0.2) is 29.3 Å². The predicted molar refractivity (Wildman–Crippen MR) is 92.1 cm³/mol. The zero-order valence-electron chi connectivity index (χ0n) is 14.8. The Hall–Kier alpha value is -0.910. The average Bonchev–Trinajstić information content (AvgIpc) is 2.69. The minimum Gasteiger partial charge on any atom is -1.00 e. The summed E-state index contributed by atoms with van der Waals surface area (Å²) in [5.41, 5.74) is 3.72. The van der Waals surface area contributed by atoms with E-state index in [1.165, 1.54) is 36.2 Å². The number of carbonyl (C=O) groups excluding carboxylic acids is 1. The van der Waals surface area contributed by atoms with Crippen molar-refractivity contribution in [3.8, 4) is 0 Å². The molecule has 1 aliphatic heterocycles. The molecular weight excluding hydrogens is 399 g/mol. The summed E-state index contributed by atoms with van der Waals surface area (Å²) in [4.78, 5) is 12.2. The van der Waals surface area contributed by atoms with Gasteiger partial charge in [-0.2, -0.15) is 4.58 Å². The third-order valence-corrected chi connectivity index (χ3v) is 4.83. The van der Waals surface area contributed by atoms with E-state index in [4.69, 9.17) is 0 Å². The van der Waals surface area contributed by atoms with Crippen LogP contribution in [0.2, 0.25) is 0 Å². The van der Waals surface area contributed by atoms with Gasteiger partial charge in [-0.15, -0.1) is 0 Å². The highest BCUT2D eigenvalue weighted by molar-refractivity contribution is 5.94. The molecule has 0 aromatic heterocycles. The molecule has 0 bridgehead atoms. The number of benzene rings is 1. The summed E-state index contributed by atoms with van der Waals surface area (Å²) in [5, 5.41) is 3.05. The molecule has 1 aliphatic rings. The molecule has 1 amide bonds. The van der Waals surface area contributed by atoms with Crippen LogP contribution in [0.3, 0.4) is 0 Å².